The van der Waals surface area contributed by atoms with E-state index in [0.29, 0.717) is 0 Å². The molecule has 112 valence electrons. The third-order valence-corrected chi connectivity index (χ3v) is 18.6. The van der Waals surface area contributed by atoms with Gasteiger partial charge in [0.2, 0.25) is 0 Å². The van der Waals surface area contributed by atoms with Crippen LogP contribution in [-0.4, -0.2) is 32.7 Å². The second-order valence-corrected chi connectivity index (χ2v) is 17.2. The van der Waals surface area contributed by atoms with E-state index in [4.69, 9.17) is 0 Å². The fourth-order valence-electron chi connectivity index (χ4n) is 4.04. The Morgan fingerprint density at radius 3 is 1.55 bits per heavy atom. The number of rotatable bonds is 3. The molecule has 0 saturated heterocycles. The molecule has 1 aromatic rings. The normalized spacial score (nSPS) is 21.6. The molecule has 3 rings (SSSR count). The van der Waals surface area contributed by atoms with Gasteiger partial charge in [0.25, 0.3) is 0 Å². The maximum absolute atomic E-state index is 2.49. The second-order valence-electron chi connectivity index (χ2n) is 6.33. The molecule has 0 radical (unpaired) electrons. The summed E-state index contributed by atoms with van der Waals surface area (Å²) < 4.78 is 4.19. The van der Waals surface area contributed by atoms with Crippen molar-refractivity contribution in [1.82, 2.24) is 0 Å². The van der Waals surface area contributed by atoms with Gasteiger partial charge in [0.05, 0.1) is 0 Å². The summed E-state index contributed by atoms with van der Waals surface area (Å²) in [5.41, 5.74) is 0. The van der Waals surface area contributed by atoms with Crippen LogP contribution in [0.4, 0.5) is 0 Å². The Hall–Kier alpha value is 0.320. The number of hydrogen-bond donors (Lipinski definition) is 0. The molecule has 2 heteroatoms. The summed E-state index contributed by atoms with van der Waals surface area (Å²) >= 11 is -1.51. The van der Waals surface area contributed by atoms with Crippen molar-refractivity contribution in [2.24, 2.45) is 0 Å². The maximum atomic E-state index is 2.49. The van der Waals surface area contributed by atoms with Crippen LogP contribution in [0, 0.1) is 0 Å². The fourth-order valence-corrected chi connectivity index (χ4v) is 18.8. The van der Waals surface area contributed by atoms with Crippen LogP contribution in [0.3, 0.4) is 0 Å². The molecule has 0 bridgehead atoms. The third-order valence-electron chi connectivity index (χ3n) is 4.99. The van der Waals surface area contributed by atoms with Crippen molar-refractivity contribution in [2.75, 3.05) is 0 Å². The van der Waals surface area contributed by atoms with E-state index in [9.17, 15) is 0 Å². The van der Waals surface area contributed by atoms with Crippen LogP contribution in [0.15, 0.2) is 30.3 Å². The van der Waals surface area contributed by atoms with E-state index in [2.05, 4.69) is 30.3 Å². The van der Waals surface area contributed by atoms with Crippen molar-refractivity contribution in [3.63, 3.8) is 0 Å². The molecular formula is C18H31BiSi. The summed E-state index contributed by atoms with van der Waals surface area (Å²) in [5, 5.41) is 0. The average Bonchev–Trinajstić information content (AvgIpc) is 2.51. The Balaban J connectivity index is 0.00000147. The van der Waals surface area contributed by atoms with Crippen LogP contribution in [0.2, 0.25) is 7.25 Å². The predicted octanol–water partition coefficient (Wildman–Crippen LogP) is 3.61. The molecule has 0 aromatic heterocycles. The first-order valence-electron chi connectivity index (χ1n) is 8.28. The van der Waals surface area contributed by atoms with Crippen molar-refractivity contribution < 1.29 is 0 Å². The SMILES string of the molecule is [SiH4].c1cc[c]([Bi]([CH]2CCCCC2)[CH]2CCCCC2)cc1. The molecule has 0 atom stereocenters. The van der Waals surface area contributed by atoms with Gasteiger partial charge >= 0.3 is 127 Å². The van der Waals surface area contributed by atoms with Gasteiger partial charge in [-0.2, -0.15) is 0 Å². The Morgan fingerprint density at radius 2 is 1.10 bits per heavy atom. The zero-order chi connectivity index (χ0) is 12.9. The Kier molecular flexibility index (Phi) is 7.25. The van der Waals surface area contributed by atoms with Gasteiger partial charge in [-0.05, 0) is 11.0 Å². The summed E-state index contributed by atoms with van der Waals surface area (Å²) in [6.07, 6.45) is 15.4. The first-order chi connectivity index (χ1) is 9.45. The quantitative estimate of drug-likeness (QED) is 0.576. The van der Waals surface area contributed by atoms with Gasteiger partial charge in [0, 0.05) is 0 Å². The molecule has 0 N–H and O–H groups in total. The first-order valence-corrected chi connectivity index (χ1v) is 14.0. The molecule has 20 heavy (non-hydrogen) atoms. The van der Waals surface area contributed by atoms with E-state index >= 15 is 0 Å². The number of hydrogen-bond acceptors (Lipinski definition) is 0. The first kappa shape index (κ1) is 16.7. The minimum atomic E-state index is -1.51. The molecule has 0 heterocycles. The molecule has 2 aliphatic rings. The summed E-state index contributed by atoms with van der Waals surface area (Å²) in [7, 11) is 0. The van der Waals surface area contributed by atoms with E-state index in [1.165, 1.54) is 45.8 Å². The molecule has 0 amide bonds. The summed E-state index contributed by atoms with van der Waals surface area (Å²) in [6.45, 7) is 0. The van der Waals surface area contributed by atoms with E-state index < -0.39 is 21.8 Å². The fraction of sp³-hybridized carbons (Fsp3) is 0.667. The molecular weight excluding hydrogens is 453 g/mol. The standard InChI is InChI=1S/2C6H11.C6H5.Bi.H4Si/c3*1-2-4-6-5-3-1;;/h2*1H,2-6H2;1-5H;;1H4. The zero-order valence-corrected chi connectivity index (χ0v) is 15.5. The van der Waals surface area contributed by atoms with Crippen LogP contribution >= 0.6 is 0 Å². The Labute approximate surface area is 137 Å². The average molecular weight is 485 g/mol. The van der Waals surface area contributed by atoms with E-state index in [1.807, 2.05) is 3.27 Å². The Bertz CT molecular complexity index is 348. The van der Waals surface area contributed by atoms with Crippen molar-refractivity contribution >= 4 is 36.0 Å². The molecule has 2 aliphatic carbocycles. The Morgan fingerprint density at radius 1 is 0.650 bits per heavy atom. The van der Waals surface area contributed by atoms with Gasteiger partial charge in [-0.3, -0.25) is 0 Å². The van der Waals surface area contributed by atoms with Crippen molar-refractivity contribution in [1.29, 1.82) is 0 Å². The summed E-state index contributed by atoms with van der Waals surface area (Å²) in [5.74, 6) is 0. The van der Waals surface area contributed by atoms with Crippen LogP contribution < -0.4 is 3.27 Å². The second kappa shape index (κ2) is 8.69. The van der Waals surface area contributed by atoms with Gasteiger partial charge in [0.1, 0.15) is 0 Å². The monoisotopic (exact) mass is 484 g/mol. The molecule has 2 fully saturated rings. The molecule has 0 unspecified atom stereocenters. The molecule has 2 saturated carbocycles. The van der Waals surface area contributed by atoms with E-state index in [1.54, 1.807) is 25.7 Å². The van der Waals surface area contributed by atoms with Gasteiger partial charge < -0.3 is 0 Å². The van der Waals surface area contributed by atoms with Crippen LogP contribution in [0.25, 0.3) is 0 Å². The summed E-state index contributed by atoms with van der Waals surface area (Å²) in [4.78, 5) is 0. The van der Waals surface area contributed by atoms with Crippen LogP contribution in [0.1, 0.15) is 64.2 Å². The van der Waals surface area contributed by atoms with Crippen molar-refractivity contribution in [2.45, 2.75) is 71.5 Å². The topological polar surface area (TPSA) is 0 Å². The van der Waals surface area contributed by atoms with Crippen LogP contribution in [0.5, 0.6) is 0 Å². The zero-order valence-electron chi connectivity index (χ0n) is 12.1. The van der Waals surface area contributed by atoms with E-state index in [0.717, 1.165) is 0 Å². The van der Waals surface area contributed by atoms with Gasteiger partial charge in [-0.1, -0.05) is 0 Å². The van der Waals surface area contributed by atoms with Gasteiger partial charge in [0.15, 0.2) is 0 Å². The third kappa shape index (κ3) is 4.17. The predicted molar refractivity (Wildman–Crippen MR) is 96.8 cm³/mol. The van der Waals surface area contributed by atoms with Crippen molar-refractivity contribution in [3.05, 3.63) is 30.3 Å². The molecule has 0 spiro atoms. The molecule has 1 aromatic carbocycles. The molecule has 0 aliphatic heterocycles. The van der Waals surface area contributed by atoms with Gasteiger partial charge in [-0.15, -0.1) is 0 Å². The minimum absolute atomic E-state index is 0. The number of benzene rings is 1. The molecule has 0 nitrogen and oxygen atoms in total. The van der Waals surface area contributed by atoms with Crippen LogP contribution in [-0.2, 0) is 0 Å². The summed E-state index contributed by atoms with van der Waals surface area (Å²) in [6, 6.07) is 11.8. The van der Waals surface area contributed by atoms with E-state index in [-0.39, 0.29) is 11.0 Å². The van der Waals surface area contributed by atoms with Crippen molar-refractivity contribution in [3.8, 4) is 0 Å². The van der Waals surface area contributed by atoms with Gasteiger partial charge in [-0.25, -0.2) is 0 Å².